The molecule has 0 heterocycles. The van der Waals surface area contributed by atoms with E-state index in [1.165, 1.54) is 12.1 Å². The van der Waals surface area contributed by atoms with Crippen LogP contribution in [0.25, 0.3) is 0 Å². The molecule has 110 valence electrons. The lowest BCUT2D eigenvalue weighted by molar-refractivity contribution is 0.0695. The highest BCUT2D eigenvalue weighted by molar-refractivity contribution is 9.10. The molecular formula is C15H12BrFO4. The van der Waals surface area contributed by atoms with E-state index in [4.69, 9.17) is 14.9 Å². The van der Waals surface area contributed by atoms with Gasteiger partial charge in [0.2, 0.25) is 0 Å². The van der Waals surface area contributed by atoms with E-state index in [0.717, 1.165) is 5.56 Å². The number of aromatic carboxylic acids is 1. The van der Waals surface area contributed by atoms with E-state index in [-0.39, 0.29) is 22.4 Å². The van der Waals surface area contributed by atoms with Crippen molar-refractivity contribution in [1.29, 1.82) is 0 Å². The number of aliphatic hydroxyl groups excluding tert-OH is 1. The Bertz CT molecular complexity index is 655. The van der Waals surface area contributed by atoms with Crippen LogP contribution in [0.1, 0.15) is 15.9 Å². The molecule has 0 saturated carbocycles. The Hall–Kier alpha value is -1.92. The molecule has 0 unspecified atom stereocenters. The normalized spacial score (nSPS) is 10.4. The van der Waals surface area contributed by atoms with Gasteiger partial charge in [0.15, 0.2) is 11.6 Å². The van der Waals surface area contributed by atoms with Gasteiger partial charge in [-0.05, 0) is 52.2 Å². The SMILES string of the molecule is O=C(O)c1ccc(Oc2ccc(CCO)cc2)c(F)c1Br. The summed E-state index contributed by atoms with van der Waals surface area (Å²) in [6.07, 6.45) is 0.535. The number of aliphatic hydroxyl groups is 1. The van der Waals surface area contributed by atoms with Crippen molar-refractivity contribution in [1.82, 2.24) is 0 Å². The number of ether oxygens (including phenoxy) is 1. The van der Waals surface area contributed by atoms with E-state index in [9.17, 15) is 9.18 Å². The van der Waals surface area contributed by atoms with Gasteiger partial charge in [-0.3, -0.25) is 0 Å². The average molecular weight is 355 g/mol. The lowest BCUT2D eigenvalue weighted by atomic mass is 10.1. The molecule has 0 aliphatic rings. The van der Waals surface area contributed by atoms with Crippen molar-refractivity contribution in [2.24, 2.45) is 0 Å². The average Bonchev–Trinajstić information content (AvgIpc) is 2.46. The fraction of sp³-hybridized carbons (Fsp3) is 0.133. The molecule has 0 amide bonds. The Morgan fingerprint density at radius 2 is 1.86 bits per heavy atom. The number of carboxylic acids is 1. The highest BCUT2D eigenvalue weighted by Crippen LogP contribution is 2.31. The topological polar surface area (TPSA) is 66.8 Å². The Labute approximate surface area is 128 Å². The maximum atomic E-state index is 14.0. The zero-order valence-corrected chi connectivity index (χ0v) is 12.4. The molecule has 4 nitrogen and oxygen atoms in total. The van der Waals surface area contributed by atoms with Crippen LogP contribution in [0.4, 0.5) is 4.39 Å². The van der Waals surface area contributed by atoms with Crippen molar-refractivity contribution in [2.45, 2.75) is 6.42 Å². The summed E-state index contributed by atoms with van der Waals surface area (Å²) >= 11 is 2.91. The monoisotopic (exact) mass is 354 g/mol. The first kappa shape index (κ1) is 15.5. The third-order valence-electron chi connectivity index (χ3n) is 2.83. The van der Waals surface area contributed by atoms with Crippen LogP contribution in [0.3, 0.4) is 0 Å². The maximum Gasteiger partial charge on any atom is 0.336 e. The third-order valence-corrected chi connectivity index (χ3v) is 3.60. The molecule has 0 saturated heterocycles. The van der Waals surface area contributed by atoms with Crippen molar-refractivity contribution in [3.05, 3.63) is 57.8 Å². The Morgan fingerprint density at radius 3 is 2.43 bits per heavy atom. The van der Waals surface area contributed by atoms with E-state index in [1.807, 2.05) is 0 Å². The van der Waals surface area contributed by atoms with Crippen LogP contribution < -0.4 is 4.74 Å². The zero-order chi connectivity index (χ0) is 15.4. The molecule has 0 radical (unpaired) electrons. The Balaban J connectivity index is 2.23. The van der Waals surface area contributed by atoms with Gasteiger partial charge in [0.05, 0.1) is 10.0 Å². The number of hydrogen-bond donors (Lipinski definition) is 2. The summed E-state index contributed by atoms with van der Waals surface area (Å²) in [5.74, 6) is -1.64. The number of rotatable bonds is 5. The first-order valence-electron chi connectivity index (χ1n) is 6.12. The minimum absolute atomic E-state index is 0.0540. The quantitative estimate of drug-likeness (QED) is 0.860. The van der Waals surface area contributed by atoms with Crippen molar-refractivity contribution < 1.29 is 24.1 Å². The van der Waals surface area contributed by atoms with Gasteiger partial charge in [-0.2, -0.15) is 0 Å². The Morgan fingerprint density at radius 1 is 1.19 bits per heavy atom. The van der Waals surface area contributed by atoms with Gasteiger partial charge in [-0.15, -0.1) is 0 Å². The first-order chi connectivity index (χ1) is 10.0. The predicted molar refractivity (Wildman–Crippen MR) is 78.4 cm³/mol. The molecule has 6 heteroatoms. The number of halogens is 2. The van der Waals surface area contributed by atoms with Crippen LogP contribution >= 0.6 is 15.9 Å². The molecule has 2 N–H and O–H groups in total. The van der Waals surface area contributed by atoms with Gasteiger partial charge in [-0.1, -0.05) is 12.1 Å². The summed E-state index contributed by atoms with van der Waals surface area (Å²) < 4.78 is 19.3. The summed E-state index contributed by atoms with van der Waals surface area (Å²) in [7, 11) is 0. The second-order valence-electron chi connectivity index (χ2n) is 4.26. The smallest absolute Gasteiger partial charge is 0.336 e. The number of carbonyl (C=O) groups is 1. The van der Waals surface area contributed by atoms with Gasteiger partial charge in [-0.25, -0.2) is 9.18 Å². The minimum atomic E-state index is -1.22. The summed E-state index contributed by atoms with van der Waals surface area (Å²) in [6.45, 7) is 0.0540. The Kier molecular flexibility index (Phi) is 4.93. The van der Waals surface area contributed by atoms with Crippen molar-refractivity contribution in [2.75, 3.05) is 6.61 Å². The molecule has 2 rings (SSSR count). The van der Waals surface area contributed by atoms with Crippen LogP contribution in [0, 0.1) is 5.82 Å². The number of hydrogen-bond acceptors (Lipinski definition) is 3. The number of benzene rings is 2. The fourth-order valence-electron chi connectivity index (χ4n) is 1.76. The summed E-state index contributed by atoms with van der Waals surface area (Å²) in [4.78, 5) is 10.9. The van der Waals surface area contributed by atoms with E-state index in [1.54, 1.807) is 24.3 Å². The van der Waals surface area contributed by atoms with Gasteiger partial charge < -0.3 is 14.9 Å². The fourth-order valence-corrected chi connectivity index (χ4v) is 2.25. The van der Waals surface area contributed by atoms with Crippen molar-refractivity contribution in [3.8, 4) is 11.5 Å². The van der Waals surface area contributed by atoms with Crippen LogP contribution in [0.15, 0.2) is 40.9 Å². The summed E-state index contributed by atoms with van der Waals surface area (Å²) in [5.41, 5.74) is 0.769. The highest BCUT2D eigenvalue weighted by Gasteiger charge is 2.17. The summed E-state index contributed by atoms with van der Waals surface area (Å²) in [6, 6.07) is 9.39. The van der Waals surface area contributed by atoms with Crippen LogP contribution in [-0.2, 0) is 6.42 Å². The van der Waals surface area contributed by atoms with Crippen LogP contribution in [0.5, 0.6) is 11.5 Å². The molecule has 0 fully saturated rings. The number of carboxylic acid groups (broad SMARTS) is 1. The molecule has 0 aliphatic carbocycles. The van der Waals surface area contributed by atoms with Crippen LogP contribution in [0.2, 0.25) is 0 Å². The van der Waals surface area contributed by atoms with Gasteiger partial charge in [0.1, 0.15) is 5.75 Å². The van der Waals surface area contributed by atoms with E-state index >= 15 is 0 Å². The minimum Gasteiger partial charge on any atom is -0.478 e. The second kappa shape index (κ2) is 6.69. The van der Waals surface area contributed by atoms with Crippen LogP contribution in [-0.4, -0.2) is 22.8 Å². The molecule has 21 heavy (non-hydrogen) atoms. The first-order valence-corrected chi connectivity index (χ1v) is 6.91. The largest absolute Gasteiger partial charge is 0.478 e. The zero-order valence-electron chi connectivity index (χ0n) is 10.8. The van der Waals surface area contributed by atoms with Gasteiger partial charge >= 0.3 is 5.97 Å². The molecule has 0 atom stereocenters. The molecular weight excluding hydrogens is 343 g/mol. The third kappa shape index (κ3) is 3.59. The lowest BCUT2D eigenvalue weighted by Crippen LogP contribution is -2.00. The van der Waals surface area contributed by atoms with Crippen molar-refractivity contribution >= 4 is 21.9 Å². The summed E-state index contributed by atoms with van der Waals surface area (Å²) in [5, 5.41) is 17.7. The molecule has 0 aromatic heterocycles. The highest BCUT2D eigenvalue weighted by atomic mass is 79.9. The molecule has 0 spiro atoms. The predicted octanol–water partition coefficient (Wildman–Crippen LogP) is 3.61. The second-order valence-corrected chi connectivity index (χ2v) is 5.06. The molecule has 0 bridgehead atoms. The van der Waals surface area contributed by atoms with E-state index in [0.29, 0.717) is 12.2 Å². The van der Waals surface area contributed by atoms with Gasteiger partial charge in [0.25, 0.3) is 0 Å². The molecule has 0 aliphatic heterocycles. The standard InChI is InChI=1S/C15H12BrFO4/c16-13-11(15(19)20)5-6-12(14(13)17)21-10-3-1-9(2-4-10)7-8-18/h1-6,18H,7-8H2,(H,19,20). The maximum absolute atomic E-state index is 14.0. The molecule has 2 aromatic carbocycles. The lowest BCUT2D eigenvalue weighted by Gasteiger charge is -2.09. The van der Waals surface area contributed by atoms with Gasteiger partial charge in [0, 0.05) is 6.61 Å². The molecule has 2 aromatic rings. The van der Waals surface area contributed by atoms with E-state index in [2.05, 4.69) is 15.9 Å². The van der Waals surface area contributed by atoms with E-state index < -0.39 is 11.8 Å². The van der Waals surface area contributed by atoms with Crippen molar-refractivity contribution in [3.63, 3.8) is 0 Å².